The molecule has 3 nitrogen and oxygen atoms in total. The third kappa shape index (κ3) is 5.50. The van der Waals surface area contributed by atoms with Gasteiger partial charge < -0.3 is 15.3 Å². The Morgan fingerprint density at radius 3 is 2.60 bits per heavy atom. The first-order valence-electron chi connectivity index (χ1n) is 6.29. The van der Waals surface area contributed by atoms with E-state index in [-0.39, 0.29) is 0 Å². The summed E-state index contributed by atoms with van der Waals surface area (Å²) in [5.74, 6) is 0. The zero-order valence-corrected chi connectivity index (χ0v) is 10.3. The van der Waals surface area contributed by atoms with Crippen molar-refractivity contribution in [3.8, 4) is 0 Å². The standard InChI is InChI=1S/C12H26N2O/c1-3-12(2,15)11-13-7-6-10-14-8-4-5-9-14/h13,15H,3-11H2,1-2H3. The Hall–Kier alpha value is -0.120. The van der Waals surface area contributed by atoms with Gasteiger partial charge in [-0.15, -0.1) is 0 Å². The van der Waals surface area contributed by atoms with Gasteiger partial charge in [-0.05, 0) is 58.8 Å². The van der Waals surface area contributed by atoms with Gasteiger partial charge in [0.05, 0.1) is 5.60 Å². The molecule has 0 aromatic carbocycles. The molecule has 1 heterocycles. The lowest BCUT2D eigenvalue weighted by Crippen LogP contribution is -2.38. The van der Waals surface area contributed by atoms with Gasteiger partial charge in [-0.25, -0.2) is 0 Å². The quantitative estimate of drug-likeness (QED) is 0.626. The lowest BCUT2D eigenvalue weighted by Gasteiger charge is -2.22. The highest BCUT2D eigenvalue weighted by Crippen LogP contribution is 2.07. The van der Waals surface area contributed by atoms with Crippen LogP contribution in [0.3, 0.4) is 0 Å². The molecular weight excluding hydrogens is 188 g/mol. The van der Waals surface area contributed by atoms with Crippen LogP contribution in [-0.2, 0) is 0 Å². The van der Waals surface area contributed by atoms with Crippen LogP contribution in [0.2, 0.25) is 0 Å². The molecule has 0 spiro atoms. The van der Waals surface area contributed by atoms with Crippen molar-refractivity contribution in [3.63, 3.8) is 0 Å². The molecule has 90 valence electrons. The van der Waals surface area contributed by atoms with Gasteiger partial charge in [-0.2, -0.15) is 0 Å². The SMILES string of the molecule is CCC(C)(O)CNCCCN1CCCC1. The fraction of sp³-hybridized carbons (Fsp3) is 1.00. The van der Waals surface area contributed by atoms with Gasteiger partial charge in [0.15, 0.2) is 0 Å². The normalized spacial score (nSPS) is 21.8. The molecule has 1 aliphatic rings. The molecule has 1 unspecified atom stereocenters. The van der Waals surface area contributed by atoms with Crippen molar-refractivity contribution in [1.82, 2.24) is 10.2 Å². The molecule has 1 atom stereocenters. The van der Waals surface area contributed by atoms with E-state index in [9.17, 15) is 5.11 Å². The van der Waals surface area contributed by atoms with Crippen molar-refractivity contribution >= 4 is 0 Å². The first kappa shape index (κ1) is 12.9. The summed E-state index contributed by atoms with van der Waals surface area (Å²) in [6, 6.07) is 0. The lowest BCUT2D eigenvalue weighted by atomic mass is 10.0. The van der Waals surface area contributed by atoms with Gasteiger partial charge in [-0.3, -0.25) is 0 Å². The highest BCUT2D eigenvalue weighted by molar-refractivity contribution is 4.73. The third-order valence-corrected chi connectivity index (χ3v) is 3.29. The van der Waals surface area contributed by atoms with Crippen LogP contribution in [0, 0.1) is 0 Å². The smallest absolute Gasteiger partial charge is 0.0740 e. The molecule has 15 heavy (non-hydrogen) atoms. The number of rotatable bonds is 7. The minimum absolute atomic E-state index is 0.534. The van der Waals surface area contributed by atoms with E-state index in [0.29, 0.717) is 6.54 Å². The Morgan fingerprint density at radius 1 is 1.33 bits per heavy atom. The number of hydrogen-bond donors (Lipinski definition) is 2. The largest absolute Gasteiger partial charge is 0.389 e. The van der Waals surface area contributed by atoms with E-state index < -0.39 is 5.60 Å². The minimum atomic E-state index is -0.534. The van der Waals surface area contributed by atoms with Crippen LogP contribution in [0.1, 0.15) is 39.5 Å². The molecule has 1 aliphatic heterocycles. The van der Waals surface area contributed by atoms with Gasteiger partial charge in [0, 0.05) is 6.54 Å². The highest BCUT2D eigenvalue weighted by atomic mass is 16.3. The molecule has 1 saturated heterocycles. The fourth-order valence-electron chi connectivity index (χ4n) is 1.92. The Bertz CT molecular complexity index is 165. The second-order valence-corrected chi connectivity index (χ2v) is 4.93. The summed E-state index contributed by atoms with van der Waals surface area (Å²) in [5, 5.41) is 13.1. The van der Waals surface area contributed by atoms with Crippen LogP contribution in [-0.4, -0.2) is 48.3 Å². The molecule has 0 radical (unpaired) electrons. The predicted molar refractivity (Wildman–Crippen MR) is 64.1 cm³/mol. The zero-order valence-electron chi connectivity index (χ0n) is 10.3. The zero-order chi connectivity index (χ0) is 11.1. The Morgan fingerprint density at radius 2 is 2.00 bits per heavy atom. The predicted octanol–water partition coefficient (Wildman–Crippen LogP) is 1.22. The molecule has 0 aromatic heterocycles. The number of hydrogen-bond acceptors (Lipinski definition) is 3. The summed E-state index contributed by atoms with van der Waals surface area (Å²) in [6.07, 6.45) is 4.75. The molecule has 0 amide bonds. The molecule has 1 rings (SSSR count). The Labute approximate surface area is 93.9 Å². The summed E-state index contributed by atoms with van der Waals surface area (Å²) in [6.45, 7) is 9.42. The molecule has 0 saturated carbocycles. The van der Waals surface area contributed by atoms with Crippen LogP contribution in [0.4, 0.5) is 0 Å². The van der Waals surface area contributed by atoms with Crippen LogP contribution in [0.5, 0.6) is 0 Å². The fourth-order valence-corrected chi connectivity index (χ4v) is 1.92. The van der Waals surface area contributed by atoms with E-state index in [1.165, 1.54) is 38.9 Å². The summed E-state index contributed by atoms with van der Waals surface area (Å²) in [4.78, 5) is 2.53. The van der Waals surface area contributed by atoms with Crippen molar-refractivity contribution in [2.24, 2.45) is 0 Å². The lowest BCUT2D eigenvalue weighted by molar-refractivity contribution is 0.0558. The van der Waals surface area contributed by atoms with Gasteiger partial charge in [0.1, 0.15) is 0 Å². The van der Waals surface area contributed by atoms with Crippen molar-refractivity contribution in [2.75, 3.05) is 32.7 Å². The first-order valence-corrected chi connectivity index (χ1v) is 6.29. The molecule has 2 N–H and O–H groups in total. The van der Waals surface area contributed by atoms with Crippen LogP contribution >= 0.6 is 0 Å². The van der Waals surface area contributed by atoms with Crippen molar-refractivity contribution in [1.29, 1.82) is 0 Å². The maximum atomic E-state index is 9.76. The van der Waals surface area contributed by atoms with E-state index in [2.05, 4.69) is 10.2 Å². The van der Waals surface area contributed by atoms with Gasteiger partial charge in [0.2, 0.25) is 0 Å². The van der Waals surface area contributed by atoms with E-state index in [0.717, 1.165) is 13.0 Å². The van der Waals surface area contributed by atoms with Crippen LogP contribution < -0.4 is 5.32 Å². The second kappa shape index (κ2) is 6.46. The second-order valence-electron chi connectivity index (χ2n) is 4.93. The molecule has 0 bridgehead atoms. The minimum Gasteiger partial charge on any atom is -0.389 e. The topological polar surface area (TPSA) is 35.5 Å². The van der Waals surface area contributed by atoms with E-state index >= 15 is 0 Å². The van der Waals surface area contributed by atoms with E-state index in [1.807, 2.05) is 13.8 Å². The number of nitrogens with zero attached hydrogens (tertiary/aromatic N) is 1. The van der Waals surface area contributed by atoms with Crippen LogP contribution in [0.25, 0.3) is 0 Å². The summed E-state index contributed by atoms with van der Waals surface area (Å²) >= 11 is 0. The van der Waals surface area contributed by atoms with Crippen LogP contribution in [0.15, 0.2) is 0 Å². The van der Waals surface area contributed by atoms with Crippen molar-refractivity contribution < 1.29 is 5.11 Å². The molecule has 0 aromatic rings. The summed E-state index contributed by atoms with van der Waals surface area (Å²) < 4.78 is 0. The highest BCUT2D eigenvalue weighted by Gasteiger charge is 2.16. The van der Waals surface area contributed by atoms with Gasteiger partial charge in [-0.1, -0.05) is 6.92 Å². The van der Waals surface area contributed by atoms with Gasteiger partial charge in [0.25, 0.3) is 0 Å². The average molecular weight is 214 g/mol. The number of likely N-dealkylation sites (tertiary alicyclic amines) is 1. The summed E-state index contributed by atoms with van der Waals surface area (Å²) in [7, 11) is 0. The Kier molecular flexibility index (Phi) is 5.58. The maximum absolute atomic E-state index is 9.76. The summed E-state index contributed by atoms with van der Waals surface area (Å²) in [5.41, 5.74) is -0.534. The third-order valence-electron chi connectivity index (χ3n) is 3.29. The molecule has 1 fully saturated rings. The first-order chi connectivity index (χ1) is 7.14. The van der Waals surface area contributed by atoms with Gasteiger partial charge >= 0.3 is 0 Å². The monoisotopic (exact) mass is 214 g/mol. The average Bonchev–Trinajstić information content (AvgIpc) is 2.70. The molecular formula is C12H26N2O. The molecule has 3 heteroatoms. The number of aliphatic hydroxyl groups is 1. The van der Waals surface area contributed by atoms with Crippen molar-refractivity contribution in [2.45, 2.75) is 45.1 Å². The van der Waals surface area contributed by atoms with Crippen molar-refractivity contribution in [3.05, 3.63) is 0 Å². The Balaban J connectivity index is 1.92. The maximum Gasteiger partial charge on any atom is 0.0740 e. The molecule has 0 aliphatic carbocycles. The van der Waals surface area contributed by atoms with E-state index in [4.69, 9.17) is 0 Å². The van der Waals surface area contributed by atoms with E-state index in [1.54, 1.807) is 0 Å². The number of nitrogens with one attached hydrogen (secondary N) is 1.